The number of carbonyl (C=O) groups excluding carboxylic acids is 1. The van der Waals surface area contributed by atoms with Crippen molar-refractivity contribution < 1.29 is 9.90 Å². The van der Waals surface area contributed by atoms with Crippen molar-refractivity contribution in [3.63, 3.8) is 0 Å². The number of aliphatic hydroxyl groups is 1. The number of hydrogen-bond donors (Lipinski definition) is 1. The minimum absolute atomic E-state index is 0.0222. The number of hydrogen-bond acceptors (Lipinski definition) is 3. The smallest absolute Gasteiger partial charge is 0.168 e. The predicted octanol–water partition coefficient (Wildman–Crippen LogP) is 4.63. The van der Waals surface area contributed by atoms with E-state index in [9.17, 15) is 9.90 Å². The fourth-order valence-electron chi connectivity index (χ4n) is 2.88. The lowest BCUT2D eigenvalue weighted by Crippen LogP contribution is -2.32. The van der Waals surface area contributed by atoms with Crippen molar-refractivity contribution in [2.45, 2.75) is 53.0 Å². The van der Waals surface area contributed by atoms with Crippen LogP contribution in [-0.4, -0.2) is 16.6 Å². The molecule has 22 heavy (non-hydrogen) atoms. The van der Waals surface area contributed by atoms with E-state index in [1.807, 2.05) is 37.3 Å². The number of nitrogens with zero attached hydrogens (tertiary/aromatic N) is 1. The van der Waals surface area contributed by atoms with Crippen molar-refractivity contribution in [1.82, 2.24) is 0 Å². The second-order valence-electron chi connectivity index (χ2n) is 6.76. The Hall–Kier alpha value is -1.90. The summed E-state index contributed by atoms with van der Waals surface area (Å²) in [4.78, 5) is 17.1. The Labute approximate surface area is 132 Å². The van der Waals surface area contributed by atoms with Crippen LogP contribution in [-0.2, 0) is 11.3 Å². The molecule has 0 spiro atoms. The van der Waals surface area contributed by atoms with Gasteiger partial charge in [0.15, 0.2) is 5.78 Å². The van der Waals surface area contributed by atoms with E-state index in [1.165, 1.54) is 0 Å². The van der Waals surface area contributed by atoms with E-state index in [1.54, 1.807) is 0 Å². The first-order valence-electron chi connectivity index (χ1n) is 7.96. The molecule has 1 aliphatic carbocycles. The van der Waals surface area contributed by atoms with Gasteiger partial charge < -0.3 is 5.11 Å². The number of Topliss-reactive ketones (excluding diaryl/α,β-unsaturated/α-hetero) is 1. The molecule has 3 heteroatoms. The molecule has 1 saturated carbocycles. The molecular formula is C19H25NO2. The van der Waals surface area contributed by atoms with E-state index < -0.39 is 0 Å². The molecule has 0 saturated heterocycles. The van der Waals surface area contributed by atoms with Crippen LogP contribution in [0.2, 0.25) is 0 Å². The summed E-state index contributed by atoms with van der Waals surface area (Å²) in [5.74, 6) is 0.226. The van der Waals surface area contributed by atoms with Crippen LogP contribution in [0, 0.1) is 5.41 Å². The molecular weight excluding hydrogens is 274 g/mol. The number of aliphatic hydroxyl groups excluding tert-OH is 1. The van der Waals surface area contributed by atoms with Crippen LogP contribution in [0.4, 0.5) is 0 Å². The molecule has 3 nitrogen and oxygen atoms in total. The van der Waals surface area contributed by atoms with Crippen molar-refractivity contribution in [1.29, 1.82) is 0 Å². The van der Waals surface area contributed by atoms with Gasteiger partial charge in [0.25, 0.3) is 0 Å². The second kappa shape index (κ2) is 6.91. The molecule has 2 rings (SSSR count). The Kier molecular flexibility index (Phi) is 5.17. The topological polar surface area (TPSA) is 49.7 Å². The fraction of sp³-hybridized carbons (Fsp3) is 0.474. The van der Waals surface area contributed by atoms with Crippen LogP contribution in [0.1, 0.15) is 52.0 Å². The SMILES string of the molecule is CCC/C(O)=C1\C(=O)CC(C)(C)CC1=NCc1ccccc1. The number of rotatable bonds is 4. The Balaban J connectivity index is 2.33. The van der Waals surface area contributed by atoms with Gasteiger partial charge in [-0.05, 0) is 23.8 Å². The average molecular weight is 299 g/mol. The highest BCUT2D eigenvalue weighted by molar-refractivity contribution is 6.24. The van der Waals surface area contributed by atoms with Crippen LogP contribution in [0.3, 0.4) is 0 Å². The van der Waals surface area contributed by atoms with Gasteiger partial charge in [0.2, 0.25) is 0 Å². The van der Waals surface area contributed by atoms with Crippen LogP contribution < -0.4 is 0 Å². The summed E-state index contributed by atoms with van der Waals surface area (Å²) >= 11 is 0. The summed E-state index contributed by atoms with van der Waals surface area (Å²) in [6.07, 6.45) is 2.55. The molecule has 0 unspecified atom stereocenters. The van der Waals surface area contributed by atoms with Crippen LogP contribution in [0.15, 0.2) is 46.7 Å². The summed E-state index contributed by atoms with van der Waals surface area (Å²) in [6.45, 7) is 6.70. The van der Waals surface area contributed by atoms with E-state index in [2.05, 4.69) is 18.8 Å². The zero-order chi connectivity index (χ0) is 16.2. The molecule has 1 N–H and O–H groups in total. The van der Waals surface area contributed by atoms with Gasteiger partial charge in [-0.1, -0.05) is 51.1 Å². The maximum Gasteiger partial charge on any atom is 0.168 e. The monoisotopic (exact) mass is 299 g/mol. The maximum atomic E-state index is 12.4. The van der Waals surface area contributed by atoms with Crippen LogP contribution in [0.25, 0.3) is 0 Å². The molecule has 1 aliphatic rings. The molecule has 0 atom stereocenters. The van der Waals surface area contributed by atoms with Gasteiger partial charge in [0.05, 0.1) is 12.1 Å². The first-order chi connectivity index (χ1) is 10.4. The zero-order valence-corrected chi connectivity index (χ0v) is 13.7. The normalized spacial score (nSPS) is 22.0. The predicted molar refractivity (Wildman–Crippen MR) is 90.2 cm³/mol. The van der Waals surface area contributed by atoms with Crippen LogP contribution in [0.5, 0.6) is 0 Å². The molecule has 0 amide bonds. The Morgan fingerprint density at radius 3 is 2.55 bits per heavy atom. The minimum atomic E-state index is -0.0946. The van der Waals surface area contributed by atoms with Crippen LogP contribution >= 0.6 is 0 Å². The van der Waals surface area contributed by atoms with E-state index >= 15 is 0 Å². The van der Waals surface area contributed by atoms with Gasteiger partial charge in [0, 0.05) is 18.6 Å². The number of benzene rings is 1. The number of carbonyl (C=O) groups is 1. The first-order valence-corrected chi connectivity index (χ1v) is 7.96. The molecule has 0 aliphatic heterocycles. The Morgan fingerprint density at radius 1 is 1.23 bits per heavy atom. The Morgan fingerprint density at radius 2 is 1.91 bits per heavy atom. The number of allylic oxidation sites excluding steroid dienone is 2. The summed E-state index contributed by atoms with van der Waals surface area (Å²) < 4.78 is 0. The molecule has 1 fully saturated rings. The third-order valence-electron chi connectivity index (χ3n) is 3.92. The number of ketones is 1. The maximum absolute atomic E-state index is 12.4. The average Bonchev–Trinajstić information content (AvgIpc) is 2.44. The molecule has 0 heterocycles. The highest BCUT2D eigenvalue weighted by Gasteiger charge is 2.35. The van der Waals surface area contributed by atoms with E-state index in [4.69, 9.17) is 0 Å². The summed E-state index contributed by atoms with van der Waals surface area (Å²) in [5, 5.41) is 10.3. The zero-order valence-electron chi connectivity index (χ0n) is 13.7. The summed E-state index contributed by atoms with van der Waals surface area (Å²) in [5.41, 5.74) is 2.25. The van der Waals surface area contributed by atoms with E-state index in [0.717, 1.165) is 24.1 Å². The van der Waals surface area contributed by atoms with Gasteiger partial charge in [-0.15, -0.1) is 0 Å². The van der Waals surface area contributed by atoms with Gasteiger partial charge >= 0.3 is 0 Å². The molecule has 0 radical (unpaired) electrons. The highest BCUT2D eigenvalue weighted by Crippen LogP contribution is 2.35. The first kappa shape index (κ1) is 16.5. The molecule has 1 aromatic rings. The Bertz CT molecular complexity index is 597. The van der Waals surface area contributed by atoms with E-state index in [-0.39, 0.29) is 17.0 Å². The number of aliphatic imine (C=N–C) groups is 1. The molecule has 0 bridgehead atoms. The standard InChI is InChI=1S/C19H25NO2/c1-4-8-16(21)18-15(11-19(2,3)12-17(18)22)20-13-14-9-6-5-7-10-14/h5-7,9-10,21H,4,8,11-13H2,1-3H3/b18-16+,20-15?. The lowest BCUT2D eigenvalue weighted by atomic mass is 9.73. The van der Waals surface area contributed by atoms with Crippen molar-refractivity contribution in [3.8, 4) is 0 Å². The summed E-state index contributed by atoms with van der Waals surface area (Å²) in [6, 6.07) is 9.99. The second-order valence-corrected chi connectivity index (χ2v) is 6.76. The molecule has 118 valence electrons. The minimum Gasteiger partial charge on any atom is -0.511 e. The van der Waals surface area contributed by atoms with Crippen molar-refractivity contribution >= 4 is 11.5 Å². The highest BCUT2D eigenvalue weighted by atomic mass is 16.3. The van der Waals surface area contributed by atoms with Gasteiger partial charge in [0.1, 0.15) is 5.76 Å². The van der Waals surface area contributed by atoms with Gasteiger partial charge in [-0.2, -0.15) is 0 Å². The van der Waals surface area contributed by atoms with Gasteiger partial charge in [-0.25, -0.2) is 0 Å². The van der Waals surface area contributed by atoms with Crippen molar-refractivity contribution in [2.75, 3.05) is 0 Å². The van der Waals surface area contributed by atoms with E-state index in [0.29, 0.717) is 25.0 Å². The lowest BCUT2D eigenvalue weighted by molar-refractivity contribution is -0.117. The third-order valence-corrected chi connectivity index (χ3v) is 3.92. The molecule has 1 aromatic carbocycles. The van der Waals surface area contributed by atoms with Gasteiger partial charge in [-0.3, -0.25) is 9.79 Å². The lowest BCUT2D eigenvalue weighted by Gasteiger charge is -2.31. The molecule has 0 aromatic heterocycles. The quantitative estimate of drug-likeness (QED) is 0.651. The third kappa shape index (κ3) is 4.06. The van der Waals surface area contributed by atoms with Crippen molar-refractivity contribution in [2.24, 2.45) is 10.4 Å². The summed E-state index contributed by atoms with van der Waals surface area (Å²) in [7, 11) is 0. The van der Waals surface area contributed by atoms with Crippen molar-refractivity contribution in [3.05, 3.63) is 47.2 Å². The largest absolute Gasteiger partial charge is 0.511 e. The fourth-order valence-corrected chi connectivity index (χ4v) is 2.88.